The van der Waals surface area contributed by atoms with Crippen LogP contribution in [-0.4, -0.2) is 53.4 Å². The molecule has 82 valence electrons. The molecular weight excluding hydrogens is 200 g/mol. The second-order valence-corrected chi connectivity index (χ2v) is 4.25. The van der Waals surface area contributed by atoms with Crippen LogP contribution >= 0.6 is 12.2 Å². The SMILES string of the molecule is CC1CN(CCC(N)=S)CC(CO)O1. The summed E-state index contributed by atoms with van der Waals surface area (Å²) in [6.07, 6.45) is 0.845. The van der Waals surface area contributed by atoms with Crippen LogP contribution in [0.5, 0.6) is 0 Å². The zero-order chi connectivity index (χ0) is 10.6. The molecule has 0 aromatic heterocycles. The van der Waals surface area contributed by atoms with Gasteiger partial charge >= 0.3 is 0 Å². The molecule has 1 saturated heterocycles. The van der Waals surface area contributed by atoms with E-state index in [1.54, 1.807) is 0 Å². The summed E-state index contributed by atoms with van der Waals surface area (Å²) in [4.78, 5) is 2.78. The third-order valence-electron chi connectivity index (χ3n) is 2.28. The molecule has 1 rings (SSSR count). The Morgan fingerprint density at radius 1 is 1.64 bits per heavy atom. The topological polar surface area (TPSA) is 58.7 Å². The monoisotopic (exact) mass is 218 g/mol. The standard InChI is InChI=1S/C9H18N2O2S/c1-7-4-11(3-2-9(10)14)5-8(6-12)13-7/h7-8,12H,2-6H2,1H3,(H2,10,14). The van der Waals surface area contributed by atoms with Crippen LogP contribution in [0.3, 0.4) is 0 Å². The Morgan fingerprint density at radius 3 is 2.93 bits per heavy atom. The summed E-state index contributed by atoms with van der Waals surface area (Å²) in [6.45, 7) is 4.60. The van der Waals surface area contributed by atoms with Crippen LogP contribution in [0.1, 0.15) is 13.3 Å². The Kier molecular flexibility index (Phi) is 4.74. The van der Waals surface area contributed by atoms with Gasteiger partial charge in [0.2, 0.25) is 0 Å². The molecule has 0 saturated carbocycles. The maximum absolute atomic E-state index is 9.00. The molecule has 0 aromatic carbocycles. The van der Waals surface area contributed by atoms with Crippen molar-refractivity contribution in [3.63, 3.8) is 0 Å². The molecule has 5 heteroatoms. The van der Waals surface area contributed by atoms with Gasteiger partial charge in [-0.15, -0.1) is 0 Å². The van der Waals surface area contributed by atoms with Crippen molar-refractivity contribution in [3.05, 3.63) is 0 Å². The molecule has 0 bridgehead atoms. The predicted octanol–water partition coefficient (Wildman–Crippen LogP) is -0.256. The number of hydrogen-bond acceptors (Lipinski definition) is 4. The molecular formula is C9H18N2O2S. The van der Waals surface area contributed by atoms with Crippen LogP contribution in [0.2, 0.25) is 0 Å². The number of morpholine rings is 1. The van der Waals surface area contributed by atoms with E-state index in [1.807, 2.05) is 6.92 Å². The van der Waals surface area contributed by atoms with E-state index in [0.29, 0.717) is 4.99 Å². The third-order valence-corrected chi connectivity index (χ3v) is 2.48. The molecule has 1 fully saturated rings. The van der Waals surface area contributed by atoms with Crippen molar-refractivity contribution in [3.8, 4) is 0 Å². The van der Waals surface area contributed by atoms with Gasteiger partial charge < -0.3 is 15.6 Å². The molecule has 4 nitrogen and oxygen atoms in total. The normalized spacial score (nSPS) is 29.0. The van der Waals surface area contributed by atoms with E-state index >= 15 is 0 Å². The largest absolute Gasteiger partial charge is 0.394 e. The minimum absolute atomic E-state index is 0.0647. The Hall–Kier alpha value is -0.230. The van der Waals surface area contributed by atoms with Gasteiger partial charge in [0.15, 0.2) is 0 Å². The van der Waals surface area contributed by atoms with Gasteiger partial charge in [0.25, 0.3) is 0 Å². The summed E-state index contributed by atoms with van der Waals surface area (Å²) in [5.41, 5.74) is 5.44. The lowest BCUT2D eigenvalue weighted by molar-refractivity contribution is -0.0944. The predicted molar refractivity (Wildman–Crippen MR) is 59.3 cm³/mol. The first-order valence-electron chi connectivity index (χ1n) is 4.88. The van der Waals surface area contributed by atoms with Crippen molar-refractivity contribution in [2.75, 3.05) is 26.2 Å². The van der Waals surface area contributed by atoms with Gasteiger partial charge in [-0.05, 0) is 6.92 Å². The highest BCUT2D eigenvalue weighted by Gasteiger charge is 2.24. The Morgan fingerprint density at radius 2 is 2.36 bits per heavy atom. The average molecular weight is 218 g/mol. The van der Waals surface area contributed by atoms with E-state index in [2.05, 4.69) is 4.90 Å². The lowest BCUT2D eigenvalue weighted by atomic mass is 10.2. The van der Waals surface area contributed by atoms with Crippen LogP contribution in [0.15, 0.2) is 0 Å². The highest BCUT2D eigenvalue weighted by atomic mass is 32.1. The van der Waals surface area contributed by atoms with Crippen molar-refractivity contribution in [1.29, 1.82) is 0 Å². The first-order chi connectivity index (χ1) is 6.61. The zero-order valence-electron chi connectivity index (χ0n) is 8.48. The van der Waals surface area contributed by atoms with Crippen LogP contribution in [0.25, 0.3) is 0 Å². The molecule has 3 N–H and O–H groups in total. The maximum Gasteiger partial charge on any atom is 0.0936 e. The van der Waals surface area contributed by atoms with E-state index in [1.165, 1.54) is 0 Å². The fourth-order valence-corrected chi connectivity index (χ4v) is 1.78. The summed E-state index contributed by atoms with van der Waals surface area (Å²) in [6, 6.07) is 0. The Balaban J connectivity index is 2.33. The second kappa shape index (κ2) is 5.60. The third kappa shape index (κ3) is 3.88. The van der Waals surface area contributed by atoms with Gasteiger partial charge in [0.1, 0.15) is 0 Å². The minimum Gasteiger partial charge on any atom is -0.394 e. The summed E-state index contributed by atoms with van der Waals surface area (Å²) in [5, 5.41) is 9.00. The Labute approximate surface area is 90.0 Å². The first kappa shape index (κ1) is 11.8. The number of aliphatic hydroxyl groups excluding tert-OH is 1. The number of thiocarbonyl (C=S) groups is 1. The van der Waals surface area contributed by atoms with Gasteiger partial charge in [-0.25, -0.2) is 0 Å². The van der Waals surface area contributed by atoms with Crippen LogP contribution in [0.4, 0.5) is 0 Å². The molecule has 0 aliphatic carbocycles. The molecule has 0 amide bonds. The van der Waals surface area contributed by atoms with Crippen LogP contribution in [-0.2, 0) is 4.74 Å². The quantitative estimate of drug-likeness (QED) is 0.637. The lowest BCUT2D eigenvalue weighted by Crippen LogP contribution is -2.48. The lowest BCUT2D eigenvalue weighted by Gasteiger charge is -2.35. The number of nitrogens with zero attached hydrogens (tertiary/aromatic N) is 1. The smallest absolute Gasteiger partial charge is 0.0936 e. The molecule has 0 radical (unpaired) electrons. The molecule has 0 aromatic rings. The van der Waals surface area contributed by atoms with Crippen molar-refractivity contribution in [1.82, 2.24) is 4.90 Å². The van der Waals surface area contributed by atoms with Gasteiger partial charge in [0.05, 0.1) is 23.8 Å². The van der Waals surface area contributed by atoms with Crippen LogP contribution < -0.4 is 5.73 Å². The highest BCUT2D eigenvalue weighted by molar-refractivity contribution is 7.80. The van der Waals surface area contributed by atoms with E-state index in [0.717, 1.165) is 26.1 Å². The van der Waals surface area contributed by atoms with E-state index < -0.39 is 0 Å². The number of ether oxygens (including phenoxy) is 1. The number of hydrogen-bond donors (Lipinski definition) is 2. The molecule has 1 heterocycles. The minimum atomic E-state index is -0.0647. The maximum atomic E-state index is 9.00. The molecule has 14 heavy (non-hydrogen) atoms. The van der Waals surface area contributed by atoms with Crippen molar-refractivity contribution in [2.45, 2.75) is 25.6 Å². The Bertz CT molecular complexity index is 201. The average Bonchev–Trinajstić information content (AvgIpc) is 2.14. The number of nitrogens with two attached hydrogens (primary N) is 1. The van der Waals surface area contributed by atoms with Gasteiger partial charge in [-0.2, -0.15) is 0 Å². The summed E-state index contributed by atoms with van der Waals surface area (Å²) in [7, 11) is 0. The van der Waals surface area contributed by atoms with Crippen LogP contribution in [0, 0.1) is 0 Å². The van der Waals surface area contributed by atoms with E-state index in [-0.39, 0.29) is 18.8 Å². The van der Waals surface area contributed by atoms with Crippen molar-refractivity contribution < 1.29 is 9.84 Å². The summed E-state index contributed by atoms with van der Waals surface area (Å²) in [5.74, 6) is 0. The first-order valence-corrected chi connectivity index (χ1v) is 5.29. The van der Waals surface area contributed by atoms with E-state index in [9.17, 15) is 0 Å². The summed E-state index contributed by atoms with van der Waals surface area (Å²) >= 11 is 4.82. The molecule has 2 atom stereocenters. The summed E-state index contributed by atoms with van der Waals surface area (Å²) < 4.78 is 5.52. The molecule has 1 aliphatic rings. The van der Waals surface area contributed by atoms with E-state index in [4.69, 9.17) is 27.8 Å². The fraction of sp³-hybridized carbons (Fsp3) is 0.889. The molecule has 1 aliphatic heterocycles. The highest BCUT2D eigenvalue weighted by Crippen LogP contribution is 2.10. The number of aliphatic hydroxyl groups is 1. The van der Waals surface area contributed by atoms with Crippen molar-refractivity contribution in [2.24, 2.45) is 5.73 Å². The van der Waals surface area contributed by atoms with Gasteiger partial charge in [-0.3, -0.25) is 4.90 Å². The van der Waals surface area contributed by atoms with Gasteiger partial charge in [-0.1, -0.05) is 12.2 Å². The zero-order valence-corrected chi connectivity index (χ0v) is 9.30. The molecule has 0 spiro atoms. The fourth-order valence-electron chi connectivity index (χ4n) is 1.69. The number of rotatable bonds is 4. The van der Waals surface area contributed by atoms with Gasteiger partial charge in [0, 0.05) is 26.1 Å². The molecule has 2 unspecified atom stereocenters. The second-order valence-electron chi connectivity index (χ2n) is 3.73. The van der Waals surface area contributed by atoms with Crippen molar-refractivity contribution >= 4 is 17.2 Å².